The molecule has 30 heavy (non-hydrogen) atoms. The molecule has 0 fully saturated rings. The second-order valence-electron chi connectivity index (χ2n) is 6.76. The summed E-state index contributed by atoms with van der Waals surface area (Å²) in [5, 5.41) is 6.66. The van der Waals surface area contributed by atoms with E-state index in [1.807, 2.05) is 31.2 Å². The minimum Gasteiger partial charge on any atom is -0.485 e. The molecule has 1 amide bonds. The molecule has 0 aliphatic carbocycles. The maximum absolute atomic E-state index is 12.7. The van der Waals surface area contributed by atoms with Crippen molar-refractivity contribution in [3.8, 4) is 5.75 Å². The normalized spacial score (nSPS) is 11.6. The predicted molar refractivity (Wildman–Crippen MR) is 108 cm³/mol. The largest absolute Gasteiger partial charge is 0.485 e. The van der Waals surface area contributed by atoms with E-state index in [0.717, 1.165) is 11.1 Å². The molecule has 0 saturated carbocycles. The molecule has 8 nitrogen and oxygen atoms in total. The highest BCUT2D eigenvalue weighted by atomic mass is 16.5. The number of benzene rings is 2. The lowest BCUT2D eigenvalue weighted by atomic mass is 10.0. The molecule has 156 valence electrons. The quantitative estimate of drug-likeness (QED) is 0.569. The van der Waals surface area contributed by atoms with E-state index in [1.165, 1.54) is 7.11 Å². The van der Waals surface area contributed by atoms with Crippen molar-refractivity contribution in [3.63, 3.8) is 0 Å². The second-order valence-corrected chi connectivity index (χ2v) is 6.76. The number of carbonyl (C=O) groups is 2. The van der Waals surface area contributed by atoms with Crippen molar-refractivity contribution in [2.45, 2.75) is 32.9 Å². The summed E-state index contributed by atoms with van der Waals surface area (Å²) in [5.41, 5.74) is 2.36. The van der Waals surface area contributed by atoms with Crippen molar-refractivity contribution in [2.24, 2.45) is 0 Å². The Hall–Kier alpha value is -3.68. The van der Waals surface area contributed by atoms with Gasteiger partial charge in [-0.25, -0.2) is 0 Å². The Kier molecular flexibility index (Phi) is 6.79. The molecule has 3 aromatic rings. The van der Waals surface area contributed by atoms with Gasteiger partial charge in [0.15, 0.2) is 6.61 Å². The second kappa shape index (κ2) is 9.69. The fraction of sp³-hybridized carbons (Fsp3) is 0.273. The number of nitrogens with one attached hydrogen (secondary N) is 1. The van der Waals surface area contributed by atoms with E-state index in [1.54, 1.807) is 31.2 Å². The van der Waals surface area contributed by atoms with Crippen molar-refractivity contribution in [3.05, 3.63) is 76.9 Å². The third-order valence-corrected chi connectivity index (χ3v) is 4.44. The van der Waals surface area contributed by atoms with Gasteiger partial charge in [0.2, 0.25) is 11.7 Å². The number of ether oxygens (including phenoxy) is 2. The molecule has 0 unspecified atom stereocenters. The van der Waals surface area contributed by atoms with E-state index in [2.05, 4.69) is 15.5 Å². The number of amides is 1. The topological polar surface area (TPSA) is 104 Å². The maximum atomic E-state index is 12.7. The number of hydrogen-bond donors (Lipinski definition) is 1. The number of nitrogens with zero attached hydrogens (tertiary/aromatic N) is 2. The number of esters is 1. The molecule has 0 aliphatic heterocycles. The van der Waals surface area contributed by atoms with Crippen LogP contribution >= 0.6 is 0 Å². The molecular weight excluding hydrogens is 386 g/mol. The van der Waals surface area contributed by atoms with Gasteiger partial charge in [-0.1, -0.05) is 35.0 Å². The third kappa shape index (κ3) is 5.66. The van der Waals surface area contributed by atoms with E-state index < -0.39 is 12.0 Å². The van der Waals surface area contributed by atoms with E-state index in [-0.39, 0.29) is 18.9 Å². The summed E-state index contributed by atoms with van der Waals surface area (Å²) in [6, 6.07) is 13.8. The molecule has 2 aromatic carbocycles. The lowest BCUT2D eigenvalue weighted by Gasteiger charge is -2.18. The Bertz CT molecular complexity index is 996. The van der Waals surface area contributed by atoms with Crippen LogP contribution in [0.3, 0.4) is 0 Å². The van der Waals surface area contributed by atoms with Gasteiger partial charge in [0, 0.05) is 12.5 Å². The van der Waals surface area contributed by atoms with Crippen LogP contribution in [0.1, 0.15) is 45.7 Å². The highest BCUT2D eigenvalue weighted by molar-refractivity contribution is 5.94. The van der Waals surface area contributed by atoms with Gasteiger partial charge >= 0.3 is 5.97 Å². The molecule has 0 bridgehead atoms. The highest BCUT2D eigenvalue weighted by Gasteiger charge is 2.20. The predicted octanol–water partition coefficient (Wildman–Crippen LogP) is 3.30. The molecule has 1 heterocycles. The molecule has 3 rings (SSSR count). The molecule has 0 aliphatic rings. The lowest BCUT2D eigenvalue weighted by Crippen LogP contribution is -2.30. The summed E-state index contributed by atoms with van der Waals surface area (Å²) in [7, 11) is 1.32. The van der Waals surface area contributed by atoms with Gasteiger partial charge in [-0.2, -0.15) is 4.98 Å². The number of aromatic nitrogens is 2. The van der Waals surface area contributed by atoms with Crippen LogP contribution in [-0.4, -0.2) is 29.1 Å². The SMILES string of the molecule is COC(=O)C[C@H](NC(=O)c1ccc(OCc2noc(C)n2)cc1)c1ccc(C)cc1. The summed E-state index contributed by atoms with van der Waals surface area (Å²) in [5.74, 6) is 0.776. The lowest BCUT2D eigenvalue weighted by molar-refractivity contribution is -0.141. The molecule has 1 aromatic heterocycles. The van der Waals surface area contributed by atoms with Gasteiger partial charge in [-0.05, 0) is 36.8 Å². The Morgan fingerprint density at radius 1 is 1.07 bits per heavy atom. The zero-order valence-electron chi connectivity index (χ0n) is 17.0. The van der Waals surface area contributed by atoms with Crippen LogP contribution in [0.5, 0.6) is 5.75 Å². The van der Waals surface area contributed by atoms with Crippen LogP contribution in [0.25, 0.3) is 0 Å². The number of carbonyl (C=O) groups excluding carboxylic acids is 2. The molecule has 1 N–H and O–H groups in total. The van der Waals surface area contributed by atoms with E-state index in [9.17, 15) is 9.59 Å². The number of hydrogen-bond acceptors (Lipinski definition) is 7. The van der Waals surface area contributed by atoms with E-state index in [0.29, 0.717) is 23.0 Å². The fourth-order valence-electron chi connectivity index (χ4n) is 2.79. The number of aryl methyl sites for hydroxylation is 2. The van der Waals surface area contributed by atoms with Gasteiger partial charge in [0.1, 0.15) is 5.75 Å². The molecule has 0 spiro atoms. The molecular formula is C22H23N3O5. The first-order valence-corrected chi connectivity index (χ1v) is 9.41. The monoisotopic (exact) mass is 409 g/mol. The summed E-state index contributed by atoms with van der Waals surface area (Å²) >= 11 is 0. The first-order valence-electron chi connectivity index (χ1n) is 9.41. The van der Waals surface area contributed by atoms with Gasteiger partial charge in [0.05, 0.1) is 19.6 Å². The maximum Gasteiger partial charge on any atom is 0.307 e. The fourth-order valence-corrected chi connectivity index (χ4v) is 2.79. The van der Waals surface area contributed by atoms with Crippen molar-refractivity contribution in [1.29, 1.82) is 0 Å². The Balaban J connectivity index is 1.65. The van der Waals surface area contributed by atoms with Crippen molar-refractivity contribution >= 4 is 11.9 Å². The van der Waals surface area contributed by atoms with Gasteiger partial charge in [-0.3, -0.25) is 9.59 Å². The minimum atomic E-state index is -0.497. The molecule has 0 saturated heterocycles. The summed E-state index contributed by atoms with van der Waals surface area (Å²) in [6.07, 6.45) is 0.0383. The van der Waals surface area contributed by atoms with Crippen LogP contribution in [0.2, 0.25) is 0 Å². The van der Waals surface area contributed by atoms with Crippen molar-refractivity contribution in [1.82, 2.24) is 15.5 Å². The standard InChI is InChI=1S/C22H23N3O5/c1-14-4-6-16(7-5-14)19(12-21(26)28-3)24-22(27)17-8-10-18(11-9-17)29-13-20-23-15(2)30-25-20/h4-11,19H,12-13H2,1-3H3,(H,24,27)/t19-/m0/s1. The van der Waals surface area contributed by atoms with Crippen molar-refractivity contribution < 1.29 is 23.6 Å². The average molecular weight is 409 g/mol. The Morgan fingerprint density at radius 2 is 1.77 bits per heavy atom. The average Bonchev–Trinajstić information content (AvgIpc) is 3.17. The zero-order chi connectivity index (χ0) is 21.5. The van der Waals surface area contributed by atoms with Crippen LogP contribution in [0.4, 0.5) is 0 Å². The van der Waals surface area contributed by atoms with E-state index in [4.69, 9.17) is 14.0 Å². The summed E-state index contributed by atoms with van der Waals surface area (Å²) in [4.78, 5) is 28.6. The van der Waals surface area contributed by atoms with Gasteiger partial charge in [0.25, 0.3) is 5.91 Å². The van der Waals surface area contributed by atoms with Gasteiger partial charge in [-0.15, -0.1) is 0 Å². The van der Waals surface area contributed by atoms with Crippen LogP contribution in [-0.2, 0) is 16.1 Å². The van der Waals surface area contributed by atoms with E-state index >= 15 is 0 Å². The van der Waals surface area contributed by atoms with Crippen LogP contribution in [0, 0.1) is 13.8 Å². The summed E-state index contributed by atoms with van der Waals surface area (Å²) < 4.78 is 15.3. The number of methoxy groups -OCH3 is 1. The zero-order valence-corrected chi connectivity index (χ0v) is 17.0. The van der Waals surface area contributed by atoms with Crippen LogP contribution < -0.4 is 10.1 Å². The van der Waals surface area contributed by atoms with Crippen molar-refractivity contribution in [2.75, 3.05) is 7.11 Å². The number of rotatable bonds is 8. The summed E-state index contributed by atoms with van der Waals surface area (Å²) in [6.45, 7) is 3.84. The molecule has 1 atom stereocenters. The Morgan fingerprint density at radius 3 is 2.37 bits per heavy atom. The first-order chi connectivity index (χ1) is 14.4. The van der Waals surface area contributed by atoms with Crippen LogP contribution in [0.15, 0.2) is 53.1 Å². The third-order valence-electron chi connectivity index (χ3n) is 4.44. The highest BCUT2D eigenvalue weighted by Crippen LogP contribution is 2.20. The minimum absolute atomic E-state index is 0.0383. The molecule has 8 heteroatoms. The Labute approximate surface area is 174 Å². The van der Waals surface area contributed by atoms with Gasteiger partial charge < -0.3 is 19.3 Å². The molecule has 0 radical (unpaired) electrons. The first kappa shape index (κ1) is 21.0. The smallest absolute Gasteiger partial charge is 0.307 e.